The SMILES string of the molecule is C=CCC[C@@](OCc1ccccc1)(C(=O)c1c([N+](=O)[O-])c(C(=O)NN)nc(O[C@H](C)CC=C)c1C(F)(F)F)C(F)(F)F. The van der Waals surface area contributed by atoms with E-state index in [2.05, 4.69) is 18.1 Å². The summed E-state index contributed by atoms with van der Waals surface area (Å²) in [5, 5.41) is 12.1. The van der Waals surface area contributed by atoms with Gasteiger partial charge in [-0.05, 0) is 25.3 Å². The molecule has 42 heavy (non-hydrogen) atoms. The lowest BCUT2D eigenvalue weighted by atomic mass is 9.84. The molecule has 0 unspecified atom stereocenters. The van der Waals surface area contributed by atoms with Crippen molar-refractivity contribution < 1.29 is 50.3 Å². The van der Waals surface area contributed by atoms with E-state index in [4.69, 9.17) is 15.3 Å². The van der Waals surface area contributed by atoms with E-state index in [-0.39, 0.29) is 12.0 Å². The fraction of sp³-hybridized carbons (Fsp3) is 0.346. The number of alkyl halides is 6. The molecule has 2 atom stereocenters. The quantitative estimate of drug-likeness (QED) is 0.0537. The van der Waals surface area contributed by atoms with Crippen LogP contribution < -0.4 is 16.0 Å². The number of hydrogen-bond acceptors (Lipinski definition) is 8. The standard InChI is InChI=1S/C26H26F6N4O6/c1-4-6-13-24(26(30,31)32,41-14-16-11-8-7-9-12-16)21(37)17-18(25(27,28)29)23(42-15(3)10-5-2)34-19(22(38)35-33)20(17)36(39)40/h4-5,7-9,11-12,15H,1-2,6,10,13-14,33H2,3H3,(H,35,38)/t15-,24-/m1/s1. The predicted molar refractivity (Wildman–Crippen MR) is 136 cm³/mol. The summed E-state index contributed by atoms with van der Waals surface area (Å²) in [6.45, 7) is 6.97. The van der Waals surface area contributed by atoms with Crippen LogP contribution in [0.3, 0.4) is 0 Å². The highest BCUT2D eigenvalue weighted by Crippen LogP contribution is 2.48. The highest BCUT2D eigenvalue weighted by atomic mass is 19.4. The second-order valence-corrected chi connectivity index (χ2v) is 8.80. The molecule has 2 aromatic rings. The molecule has 228 valence electrons. The number of halogens is 6. The van der Waals surface area contributed by atoms with Crippen LogP contribution in [0.25, 0.3) is 0 Å². The molecule has 0 fully saturated rings. The normalized spacial score (nSPS) is 13.9. The molecule has 0 aliphatic heterocycles. The van der Waals surface area contributed by atoms with Gasteiger partial charge in [-0.15, -0.1) is 13.2 Å². The first-order chi connectivity index (χ1) is 19.6. The Hall–Kier alpha value is -4.31. The summed E-state index contributed by atoms with van der Waals surface area (Å²) in [5.41, 5.74) is -10.5. The molecule has 0 bridgehead atoms. The van der Waals surface area contributed by atoms with E-state index in [0.717, 1.165) is 6.08 Å². The summed E-state index contributed by atoms with van der Waals surface area (Å²) in [6, 6.07) is 7.04. The molecule has 1 heterocycles. The van der Waals surface area contributed by atoms with Gasteiger partial charge in [0.05, 0.1) is 11.5 Å². The molecule has 0 aliphatic carbocycles. The van der Waals surface area contributed by atoms with Crippen molar-refractivity contribution in [2.24, 2.45) is 5.84 Å². The number of aromatic nitrogens is 1. The van der Waals surface area contributed by atoms with Crippen LogP contribution in [0.5, 0.6) is 5.88 Å². The van der Waals surface area contributed by atoms with E-state index in [0.29, 0.717) is 0 Å². The van der Waals surface area contributed by atoms with Crippen LogP contribution in [-0.2, 0) is 17.5 Å². The first-order valence-corrected chi connectivity index (χ1v) is 12.0. The number of ketones is 1. The van der Waals surface area contributed by atoms with Gasteiger partial charge in [-0.1, -0.05) is 42.5 Å². The Morgan fingerprint density at radius 1 is 1.14 bits per heavy atom. The molecule has 0 saturated carbocycles. The van der Waals surface area contributed by atoms with E-state index < -0.39 is 88.5 Å². The molecule has 3 N–H and O–H groups in total. The lowest BCUT2D eigenvalue weighted by molar-refractivity contribution is -0.386. The van der Waals surface area contributed by atoms with Crippen molar-refractivity contribution in [2.75, 3.05) is 0 Å². The van der Waals surface area contributed by atoms with Crippen molar-refractivity contribution in [3.05, 3.63) is 88.1 Å². The van der Waals surface area contributed by atoms with E-state index in [9.17, 15) is 46.0 Å². The zero-order valence-corrected chi connectivity index (χ0v) is 22.1. The Morgan fingerprint density at radius 2 is 1.76 bits per heavy atom. The van der Waals surface area contributed by atoms with Crippen molar-refractivity contribution in [3.63, 3.8) is 0 Å². The number of ether oxygens (including phenoxy) is 2. The average molecular weight is 605 g/mol. The van der Waals surface area contributed by atoms with Crippen LogP contribution >= 0.6 is 0 Å². The maximum absolute atomic E-state index is 14.8. The first kappa shape index (κ1) is 33.9. The van der Waals surface area contributed by atoms with Gasteiger partial charge >= 0.3 is 18.0 Å². The lowest BCUT2D eigenvalue weighted by Crippen LogP contribution is -2.54. The number of rotatable bonds is 14. The number of hydrazine groups is 1. The Balaban J connectivity index is 3.10. The second kappa shape index (κ2) is 13.6. The minimum absolute atomic E-state index is 0.100. The van der Waals surface area contributed by atoms with E-state index in [1.54, 1.807) is 0 Å². The van der Waals surface area contributed by atoms with Crippen LogP contribution in [0.15, 0.2) is 55.6 Å². The topological polar surface area (TPSA) is 147 Å². The number of nitro groups is 1. The molecule has 0 aliphatic rings. The van der Waals surface area contributed by atoms with Gasteiger partial charge in [-0.25, -0.2) is 10.8 Å². The molecule has 1 aromatic heterocycles. The van der Waals surface area contributed by atoms with Gasteiger partial charge in [0.1, 0.15) is 17.2 Å². The number of carbonyl (C=O) groups excluding carboxylic acids is 2. The minimum Gasteiger partial charge on any atom is -0.474 e. The number of pyridine rings is 1. The molecule has 16 heteroatoms. The van der Waals surface area contributed by atoms with Crippen LogP contribution in [0.2, 0.25) is 0 Å². The average Bonchev–Trinajstić information content (AvgIpc) is 2.90. The molecule has 1 amide bonds. The molecular formula is C26H26F6N4O6. The summed E-state index contributed by atoms with van der Waals surface area (Å²) in [5.74, 6) is -0.726. The number of nitrogens with one attached hydrogen (secondary N) is 1. The van der Waals surface area contributed by atoms with Crippen molar-refractivity contribution in [3.8, 4) is 5.88 Å². The first-order valence-electron chi connectivity index (χ1n) is 12.0. The van der Waals surface area contributed by atoms with Gasteiger partial charge in [-0.2, -0.15) is 26.3 Å². The summed E-state index contributed by atoms with van der Waals surface area (Å²) < 4.78 is 98.5. The highest BCUT2D eigenvalue weighted by Gasteiger charge is 2.64. The molecule has 0 saturated heterocycles. The Kier molecular flexibility index (Phi) is 10.9. The summed E-state index contributed by atoms with van der Waals surface area (Å²) in [7, 11) is 0. The zero-order chi connectivity index (χ0) is 31.9. The number of nitrogens with two attached hydrogens (primary N) is 1. The van der Waals surface area contributed by atoms with Gasteiger partial charge in [0.25, 0.3) is 5.91 Å². The highest BCUT2D eigenvalue weighted by molar-refractivity contribution is 6.11. The Morgan fingerprint density at radius 3 is 2.24 bits per heavy atom. The van der Waals surface area contributed by atoms with Crippen molar-refractivity contribution in [2.45, 2.75) is 56.9 Å². The number of allylic oxidation sites excluding steroid dienone is 1. The number of Topliss-reactive ketones (excluding diaryl/α,β-unsaturated/α-hetero) is 1. The van der Waals surface area contributed by atoms with Crippen molar-refractivity contribution in [1.29, 1.82) is 0 Å². The number of amides is 1. The van der Waals surface area contributed by atoms with E-state index in [1.807, 2.05) is 0 Å². The number of carbonyl (C=O) groups is 2. The molecule has 1 aromatic carbocycles. The number of benzene rings is 1. The van der Waals surface area contributed by atoms with Crippen molar-refractivity contribution in [1.82, 2.24) is 10.4 Å². The maximum atomic E-state index is 14.8. The minimum atomic E-state index is -5.75. The summed E-state index contributed by atoms with van der Waals surface area (Å²) in [6.07, 6.45) is -12.5. The molecule has 2 rings (SSSR count). The zero-order valence-electron chi connectivity index (χ0n) is 22.1. The number of hydrogen-bond donors (Lipinski definition) is 2. The van der Waals surface area contributed by atoms with Gasteiger partial charge in [0.15, 0.2) is 0 Å². The molecule has 10 nitrogen and oxygen atoms in total. The smallest absolute Gasteiger partial charge is 0.425 e. The third-order valence-electron chi connectivity index (χ3n) is 5.84. The Bertz CT molecular complexity index is 1330. The van der Waals surface area contributed by atoms with Crippen LogP contribution in [0.1, 0.15) is 58.2 Å². The largest absolute Gasteiger partial charge is 0.474 e. The fourth-order valence-corrected chi connectivity index (χ4v) is 3.89. The summed E-state index contributed by atoms with van der Waals surface area (Å²) in [4.78, 5) is 40.1. The van der Waals surface area contributed by atoms with Gasteiger partial charge < -0.3 is 9.47 Å². The van der Waals surface area contributed by atoms with Gasteiger partial charge in [0, 0.05) is 6.42 Å². The van der Waals surface area contributed by atoms with Gasteiger partial charge in [-0.3, -0.25) is 25.1 Å². The van der Waals surface area contributed by atoms with Gasteiger partial charge in [0.2, 0.25) is 23.0 Å². The fourth-order valence-electron chi connectivity index (χ4n) is 3.89. The van der Waals surface area contributed by atoms with Crippen molar-refractivity contribution >= 4 is 17.4 Å². The van der Waals surface area contributed by atoms with Crippen LogP contribution in [-0.4, -0.2) is 39.5 Å². The third-order valence-corrected chi connectivity index (χ3v) is 5.84. The molecule has 0 spiro atoms. The van der Waals surface area contributed by atoms with Crippen LogP contribution in [0, 0.1) is 10.1 Å². The third kappa shape index (κ3) is 7.30. The summed E-state index contributed by atoms with van der Waals surface area (Å²) >= 11 is 0. The number of nitrogens with zero attached hydrogens (tertiary/aromatic N) is 2. The van der Waals surface area contributed by atoms with E-state index in [1.165, 1.54) is 48.8 Å². The number of nitrogen functional groups attached to an aromatic ring is 1. The Labute approximate surface area is 235 Å². The lowest BCUT2D eigenvalue weighted by Gasteiger charge is -2.35. The molecular weight excluding hydrogens is 578 g/mol. The molecule has 0 radical (unpaired) electrons. The van der Waals surface area contributed by atoms with E-state index >= 15 is 0 Å². The maximum Gasteiger partial charge on any atom is 0.425 e. The monoisotopic (exact) mass is 604 g/mol. The van der Waals surface area contributed by atoms with Crippen LogP contribution in [0.4, 0.5) is 32.0 Å². The predicted octanol–water partition coefficient (Wildman–Crippen LogP) is 5.62. The second-order valence-electron chi connectivity index (χ2n) is 8.80.